The van der Waals surface area contributed by atoms with Gasteiger partial charge in [-0.1, -0.05) is 59.6 Å². The van der Waals surface area contributed by atoms with Crippen LogP contribution >= 0.6 is 23.2 Å². The zero-order valence-electron chi connectivity index (χ0n) is 11.4. The fraction of sp³-hybridized carbons (Fsp3) is 0. The van der Waals surface area contributed by atoms with Gasteiger partial charge in [0.25, 0.3) is 0 Å². The largest absolute Gasteiger partial charge is 0.235 e. The number of nitrogens with zero attached hydrogens (tertiary/aromatic N) is 3. The first kappa shape index (κ1) is 14.7. The molecule has 0 aliphatic heterocycles. The van der Waals surface area contributed by atoms with Gasteiger partial charge in [-0.25, -0.2) is 4.98 Å². The van der Waals surface area contributed by atoms with Gasteiger partial charge in [-0.3, -0.25) is 0 Å². The van der Waals surface area contributed by atoms with E-state index in [4.69, 9.17) is 23.2 Å². The van der Waals surface area contributed by atoms with Gasteiger partial charge in [0.1, 0.15) is 5.15 Å². The van der Waals surface area contributed by atoms with E-state index in [1.54, 1.807) is 18.5 Å². The molecule has 0 aliphatic carbocycles. The van der Waals surface area contributed by atoms with Crippen molar-refractivity contribution < 1.29 is 0 Å². The summed E-state index contributed by atoms with van der Waals surface area (Å²) in [5, 5.41) is 10.0. The molecule has 0 bridgehead atoms. The second-order valence-corrected chi connectivity index (χ2v) is 5.34. The molecule has 1 heterocycles. The minimum absolute atomic E-state index is 0.399. The Morgan fingerprint density at radius 1 is 0.818 bits per heavy atom. The number of benzene rings is 2. The molecule has 3 aromatic rings. The van der Waals surface area contributed by atoms with Gasteiger partial charge in [-0.05, 0) is 18.2 Å². The molecule has 0 unspecified atom stereocenters. The molecule has 0 aliphatic rings. The Morgan fingerprint density at radius 2 is 1.50 bits per heavy atom. The monoisotopic (exact) mass is 327 g/mol. The zero-order chi connectivity index (χ0) is 15.4. The molecular weight excluding hydrogens is 317 g/mol. The fourth-order valence-electron chi connectivity index (χ4n) is 1.97. The summed E-state index contributed by atoms with van der Waals surface area (Å²) in [7, 11) is 0. The molecule has 108 valence electrons. The second kappa shape index (κ2) is 6.69. The van der Waals surface area contributed by atoms with E-state index in [9.17, 15) is 0 Å². The molecule has 0 fully saturated rings. The Bertz CT molecular complexity index is 873. The van der Waals surface area contributed by atoms with Crippen LogP contribution < -0.4 is 0 Å². The van der Waals surface area contributed by atoms with Crippen LogP contribution in [0.2, 0.25) is 10.2 Å². The number of para-hydroxylation sites is 1. The van der Waals surface area contributed by atoms with Crippen LogP contribution in [0.1, 0.15) is 11.1 Å². The predicted molar refractivity (Wildman–Crippen MR) is 93.4 cm³/mol. The van der Waals surface area contributed by atoms with Gasteiger partial charge in [0.2, 0.25) is 0 Å². The zero-order valence-corrected chi connectivity index (χ0v) is 13.0. The summed E-state index contributed by atoms with van der Waals surface area (Å²) >= 11 is 12.2. The van der Waals surface area contributed by atoms with Crippen molar-refractivity contribution in [3.05, 3.63) is 75.9 Å². The van der Waals surface area contributed by atoms with E-state index in [0.29, 0.717) is 10.2 Å². The van der Waals surface area contributed by atoms with Gasteiger partial charge in [0, 0.05) is 21.5 Å². The van der Waals surface area contributed by atoms with Crippen molar-refractivity contribution in [2.45, 2.75) is 0 Å². The second-order valence-electron chi connectivity index (χ2n) is 4.57. The van der Waals surface area contributed by atoms with Gasteiger partial charge in [0.05, 0.1) is 17.9 Å². The minimum Gasteiger partial charge on any atom is -0.235 e. The van der Waals surface area contributed by atoms with Gasteiger partial charge >= 0.3 is 0 Å². The molecule has 3 rings (SSSR count). The van der Waals surface area contributed by atoms with Crippen molar-refractivity contribution in [3.8, 4) is 0 Å². The summed E-state index contributed by atoms with van der Waals surface area (Å²) in [5.41, 5.74) is 2.38. The quantitative estimate of drug-likeness (QED) is 0.379. The Kier molecular flexibility index (Phi) is 4.47. The summed E-state index contributed by atoms with van der Waals surface area (Å²) in [4.78, 5) is 4.33. The number of halogens is 2. The van der Waals surface area contributed by atoms with Crippen LogP contribution in [-0.2, 0) is 0 Å². The minimum atomic E-state index is 0.399. The smallest absolute Gasteiger partial charge is 0.138 e. The Hall–Kier alpha value is -2.23. The van der Waals surface area contributed by atoms with Crippen molar-refractivity contribution in [3.63, 3.8) is 0 Å². The van der Waals surface area contributed by atoms with Crippen LogP contribution in [0.15, 0.2) is 64.8 Å². The number of hydrogen-bond acceptors (Lipinski definition) is 3. The van der Waals surface area contributed by atoms with Gasteiger partial charge in [0.15, 0.2) is 0 Å². The van der Waals surface area contributed by atoms with E-state index < -0.39 is 0 Å². The average molecular weight is 328 g/mol. The Morgan fingerprint density at radius 3 is 2.32 bits per heavy atom. The molecule has 0 atom stereocenters. The molecule has 0 saturated heterocycles. The third kappa shape index (κ3) is 3.32. The lowest BCUT2D eigenvalue weighted by atomic mass is 10.2. The van der Waals surface area contributed by atoms with Crippen molar-refractivity contribution in [2.75, 3.05) is 0 Å². The van der Waals surface area contributed by atoms with Gasteiger partial charge in [-0.2, -0.15) is 10.2 Å². The lowest BCUT2D eigenvalue weighted by Crippen LogP contribution is -1.88. The lowest BCUT2D eigenvalue weighted by Gasteiger charge is -2.00. The third-order valence-corrected chi connectivity index (χ3v) is 3.72. The standard InChI is InChI=1S/C17H11Cl2N3/c18-15-7-3-1-6-13(15)10-20-21-11-14-9-12-5-2-4-8-16(12)22-17(14)19/h1-11H/b20-10+,21-11?. The molecule has 22 heavy (non-hydrogen) atoms. The number of pyridine rings is 1. The predicted octanol–water partition coefficient (Wildman–Crippen LogP) is 4.99. The van der Waals surface area contributed by atoms with E-state index >= 15 is 0 Å². The highest BCUT2D eigenvalue weighted by Crippen LogP contribution is 2.19. The maximum absolute atomic E-state index is 6.15. The summed E-state index contributed by atoms with van der Waals surface area (Å²) in [5.74, 6) is 0. The molecular formula is C17H11Cl2N3. The molecule has 0 saturated carbocycles. The van der Waals surface area contributed by atoms with Crippen LogP contribution in [0.3, 0.4) is 0 Å². The summed E-state index contributed by atoms with van der Waals surface area (Å²) in [6, 6.07) is 17.1. The maximum Gasteiger partial charge on any atom is 0.138 e. The van der Waals surface area contributed by atoms with E-state index in [0.717, 1.165) is 22.0 Å². The number of fused-ring (bicyclic) bond motifs is 1. The molecule has 0 radical (unpaired) electrons. The summed E-state index contributed by atoms with van der Waals surface area (Å²) in [6.07, 6.45) is 3.18. The maximum atomic E-state index is 6.15. The Labute approximate surface area is 137 Å². The molecule has 1 aromatic heterocycles. The molecule has 2 aromatic carbocycles. The van der Waals surface area contributed by atoms with Crippen molar-refractivity contribution >= 4 is 46.5 Å². The third-order valence-electron chi connectivity index (χ3n) is 3.07. The molecule has 0 amide bonds. The van der Waals surface area contributed by atoms with Crippen LogP contribution in [-0.4, -0.2) is 17.4 Å². The van der Waals surface area contributed by atoms with Crippen LogP contribution in [0, 0.1) is 0 Å². The van der Waals surface area contributed by atoms with Crippen LogP contribution in [0.25, 0.3) is 10.9 Å². The molecule has 0 spiro atoms. The van der Waals surface area contributed by atoms with Crippen LogP contribution in [0.5, 0.6) is 0 Å². The first-order valence-electron chi connectivity index (χ1n) is 6.60. The van der Waals surface area contributed by atoms with Gasteiger partial charge < -0.3 is 0 Å². The number of aromatic nitrogens is 1. The molecule has 5 heteroatoms. The Balaban J connectivity index is 1.84. The lowest BCUT2D eigenvalue weighted by molar-refractivity contribution is 1.26. The molecule has 0 N–H and O–H groups in total. The normalized spacial score (nSPS) is 11.7. The SMILES string of the molecule is Clc1ccccc1/C=N/N=Cc1cc2ccccc2nc1Cl. The van der Waals surface area contributed by atoms with Crippen LogP contribution in [0.4, 0.5) is 0 Å². The van der Waals surface area contributed by atoms with Crippen molar-refractivity contribution in [1.82, 2.24) is 4.98 Å². The summed E-state index contributed by atoms with van der Waals surface area (Å²) < 4.78 is 0. The van der Waals surface area contributed by atoms with E-state index in [1.807, 2.05) is 48.5 Å². The highest BCUT2D eigenvalue weighted by Gasteiger charge is 2.02. The van der Waals surface area contributed by atoms with E-state index in [2.05, 4.69) is 15.2 Å². The highest BCUT2D eigenvalue weighted by atomic mass is 35.5. The fourth-order valence-corrected chi connectivity index (χ4v) is 2.35. The van der Waals surface area contributed by atoms with E-state index in [-0.39, 0.29) is 0 Å². The average Bonchev–Trinajstić information content (AvgIpc) is 2.53. The van der Waals surface area contributed by atoms with Crippen molar-refractivity contribution in [1.29, 1.82) is 0 Å². The molecule has 3 nitrogen and oxygen atoms in total. The number of rotatable bonds is 3. The van der Waals surface area contributed by atoms with Gasteiger partial charge in [-0.15, -0.1) is 0 Å². The topological polar surface area (TPSA) is 37.6 Å². The summed E-state index contributed by atoms with van der Waals surface area (Å²) in [6.45, 7) is 0. The first-order chi connectivity index (χ1) is 10.7. The van der Waals surface area contributed by atoms with E-state index in [1.165, 1.54) is 0 Å². The highest BCUT2D eigenvalue weighted by molar-refractivity contribution is 6.33. The number of hydrogen-bond donors (Lipinski definition) is 0. The first-order valence-corrected chi connectivity index (χ1v) is 7.36. The van der Waals surface area contributed by atoms with Crippen molar-refractivity contribution in [2.24, 2.45) is 10.2 Å².